The van der Waals surface area contributed by atoms with Crippen LogP contribution in [0.25, 0.3) is 0 Å². The van der Waals surface area contributed by atoms with Crippen molar-refractivity contribution in [1.29, 1.82) is 0 Å². The third-order valence-corrected chi connectivity index (χ3v) is 9.19. The topological polar surface area (TPSA) is 88.1 Å². The highest BCUT2D eigenvalue weighted by Gasteiger charge is 2.41. The number of carbonyl (C=O) groups is 2. The number of rotatable bonds is 8. The monoisotopic (exact) mass is 605 g/mol. The van der Waals surface area contributed by atoms with Gasteiger partial charge in [0.2, 0.25) is 11.8 Å². The number of halogens is 2. The Morgan fingerprint density at radius 1 is 1.02 bits per heavy atom. The molecule has 0 aliphatic heterocycles. The zero-order chi connectivity index (χ0) is 31.9. The number of anilines is 1. The highest BCUT2D eigenvalue weighted by Crippen LogP contribution is 2.45. The van der Waals surface area contributed by atoms with Crippen molar-refractivity contribution < 1.29 is 18.4 Å². The first-order valence-electron chi connectivity index (χ1n) is 15.6. The maximum atomic E-state index is 14.6. The number of carbonyl (C=O) groups excluding carboxylic acids is 2. The Kier molecular flexibility index (Phi) is 8.73. The molecule has 1 unspecified atom stereocenters. The number of hydrogen-bond donors (Lipinski definition) is 3. The quantitative estimate of drug-likeness (QED) is 0.276. The van der Waals surface area contributed by atoms with Gasteiger partial charge in [0.05, 0.1) is 6.33 Å². The van der Waals surface area contributed by atoms with Crippen molar-refractivity contribution >= 4 is 17.6 Å². The van der Waals surface area contributed by atoms with Crippen LogP contribution in [-0.4, -0.2) is 33.4 Å². The van der Waals surface area contributed by atoms with Crippen LogP contribution in [0.5, 0.6) is 0 Å². The Balaban J connectivity index is 1.28. The van der Waals surface area contributed by atoms with Gasteiger partial charge in [0.1, 0.15) is 23.2 Å². The summed E-state index contributed by atoms with van der Waals surface area (Å²) in [4.78, 5) is 31.6. The molecule has 5 rings (SSSR count). The summed E-state index contributed by atoms with van der Waals surface area (Å²) in [5.41, 5.74) is 1.28. The molecule has 2 aliphatic carbocycles. The average Bonchev–Trinajstić information content (AvgIpc) is 3.40. The molecule has 236 valence electrons. The Morgan fingerprint density at radius 3 is 2.39 bits per heavy atom. The molecule has 0 spiro atoms. The molecule has 2 amide bonds. The fourth-order valence-corrected chi connectivity index (χ4v) is 7.45. The number of amides is 2. The third-order valence-electron chi connectivity index (χ3n) is 9.19. The van der Waals surface area contributed by atoms with Crippen LogP contribution in [0.3, 0.4) is 0 Å². The van der Waals surface area contributed by atoms with Crippen LogP contribution in [0.2, 0.25) is 0 Å². The van der Waals surface area contributed by atoms with Gasteiger partial charge in [-0.1, -0.05) is 58.0 Å². The second-order valence-corrected chi connectivity index (χ2v) is 14.8. The summed E-state index contributed by atoms with van der Waals surface area (Å²) in [5.74, 6) is -1.22. The van der Waals surface area contributed by atoms with Crippen molar-refractivity contribution in [1.82, 2.24) is 20.2 Å². The van der Waals surface area contributed by atoms with E-state index in [0.29, 0.717) is 36.2 Å². The fraction of sp³-hybridized carbons (Fsp3) is 0.514. The largest absolute Gasteiger partial charge is 0.351 e. The van der Waals surface area contributed by atoms with Gasteiger partial charge in [0, 0.05) is 24.3 Å². The van der Waals surface area contributed by atoms with Crippen LogP contribution in [0, 0.1) is 22.5 Å². The average molecular weight is 606 g/mol. The predicted molar refractivity (Wildman–Crippen MR) is 168 cm³/mol. The Labute approximate surface area is 259 Å². The fourth-order valence-electron chi connectivity index (χ4n) is 7.45. The van der Waals surface area contributed by atoms with E-state index in [4.69, 9.17) is 0 Å². The summed E-state index contributed by atoms with van der Waals surface area (Å²) in [6.07, 6.45) is 7.71. The smallest absolute Gasteiger partial charge is 0.247 e. The van der Waals surface area contributed by atoms with Gasteiger partial charge in [-0.3, -0.25) is 14.9 Å². The number of hydrogen-bond acceptors (Lipinski definition) is 4. The van der Waals surface area contributed by atoms with E-state index in [0.717, 1.165) is 30.9 Å². The number of benzene rings is 2. The molecule has 1 aromatic heterocycles. The van der Waals surface area contributed by atoms with Crippen molar-refractivity contribution in [2.24, 2.45) is 10.8 Å². The third kappa shape index (κ3) is 7.20. The molecular formula is C35H45F2N5O2. The first-order chi connectivity index (χ1) is 20.6. The lowest BCUT2D eigenvalue weighted by Gasteiger charge is -2.45. The minimum absolute atomic E-state index is 0.0835. The van der Waals surface area contributed by atoms with E-state index in [1.165, 1.54) is 6.07 Å². The molecule has 1 saturated carbocycles. The second-order valence-electron chi connectivity index (χ2n) is 14.8. The molecule has 3 aromatic rings. The Bertz CT molecular complexity index is 1500. The zero-order valence-electron chi connectivity index (χ0n) is 26.6. The van der Waals surface area contributed by atoms with Gasteiger partial charge in [-0.05, 0) is 86.0 Å². The normalized spacial score (nSPS) is 20.4. The molecule has 2 atom stereocenters. The summed E-state index contributed by atoms with van der Waals surface area (Å²) in [5, 5.41) is 9.62. The molecule has 1 fully saturated rings. The van der Waals surface area contributed by atoms with Crippen LogP contribution < -0.4 is 16.0 Å². The zero-order valence-corrected chi connectivity index (χ0v) is 26.6. The van der Waals surface area contributed by atoms with E-state index < -0.39 is 23.2 Å². The SMILES string of the molecule is CC1(C)CC(NC(=O)C(C)(C)n2cnc(NC(=O)[C@@H](NC3CCc4cc(F)cc(F)c4C3)c3ccccc3)c2)CC(C)(C)C1. The van der Waals surface area contributed by atoms with E-state index in [1.807, 2.05) is 44.2 Å². The van der Waals surface area contributed by atoms with E-state index in [9.17, 15) is 18.4 Å². The Hall–Kier alpha value is -3.59. The van der Waals surface area contributed by atoms with Crippen molar-refractivity contribution in [3.05, 3.63) is 83.3 Å². The van der Waals surface area contributed by atoms with E-state index in [2.05, 4.69) is 48.6 Å². The van der Waals surface area contributed by atoms with Gasteiger partial charge in [0.25, 0.3) is 0 Å². The molecule has 0 bridgehead atoms. The number of aromatic nitrogens is 2. The molecule has 44 heavy (non-hydrogen) atoms. The molecule has 0 radical (unpaired) electrons. The predicted octanol–water partition coefficient (Wildman–Crippen LogP) is 6.44. The lowest BCUT2D eigenvalue weighted by Crippen LogP contribution is -2.52. The Morgan fingerprint density at radius 2 is 1.70 bits per heavy atom. The molecule has 1 heterocycles. The van der Waals surface area contributed by atoms with Crippen LogP contribution in [0.4, 0.5) is 14.6 Å². The second kappa shape index (κ2) is 12.1. The maximum absolute atomic E-state index is 14.6. The summed E-state index contributed by atoms with van der Waals surface area (Å²) >= 11 is 0. The number of nitrogens with zero attached hydrogens (tertiary/aromatic N) is 2. The van der Waals surface area contributed by atoms with Crippen LogP contribution >= 0.6 is 0 Å². The van der Waals surface area contributed by atoms with Crippen molar-refractivity contribution in [2.45, 2.75) is 104 Å². The van der Waals surface area contributed by atoms with Gasteiger partial charge in [-0.15, -0.1) is 0 Å². The highest BCUT2D eigenvalue weighted by atomic mass is 19.1. The standard InChI is InChI=1S/C35H45F2N5O2/c1-33(2)17-26(18-34(3,4)20-33)40-32(44)35(5,6)42-19-29(38-21-42)41-31(43)30(22-10-8-7-9-11-22)39-25-13-12-23-14-24(36)15-28(37)27(23)16-25/h7-11,14-15,19,21,25-26,30,39H,12-13,16-18,20H2,1-6H3,(H,40,44)(H,41,43)/t25?,30-/m0/s1. The van der Waals surface area contributed by atoms with E-state index in [1.54, 1.807) is 17.1 Å². The minimum atomic E-state index is -0.933. The molecule has 2 aromatic carbocycles. The van der Waals surface area contributed by atoms with E-state index in [-0.39, 0.29) is 34.7 Å². The first kappa shape index (κ1) is 31.8. The maximum Gasteiger partial charge on any atom is 0.247 e. The van der Waals surface area contributed by atoms with Gasteiger partial charge in [-0.25, -0.2) is 13.8 Å². The van der Waals surface area contributed by atoms with Crippen LogP contribution in [-0.2, 0) is 28.0 Å². The molecule has 0 saturated heterocycles. The van der Waals surface area contributed by atoms with Gasteiger partial charge >= 0.3 is 0 Å². The summed E-state index contributed by atoms with van der Waals surface area (Å²) < 4.78 is 30.0. The number of aryl methyl sites for hydroxylation is 1. The first-order valence-corrected chi connectivity index (χ1v) is 15.6. The molecule has 7 nitrogen and oxygen atoms in total. The van der Waals surface area contributed by atoms with E-state index >= 15 is 0 Å². The van der Waals surface area contributed by atoms with Crippen molar-refractivity contribution in [3.63, 3.8) is 0 Å². The minimum Gasteiger partial charge on any atom is -0.351 e. The van der Waals surface area contributed by atoms with Gasteiger partial charge < -0.3 is 15.2 Å². The lowest BCUT2D eigenvalue weighted by molar-refractivity contribution is -0.130. The number of nitrogens with one attached hydrogen (secondary N) is 3. The molecule has 9 heteroatoms. The van der Waals surface area contributed by atoms with Gasteiger partial charge in [-0.2, -0.15) is 0 Å². The van der Waals surface area contributed by atoms with Crippen molar-refractivity contribution in [2.75, 3.05) is 5.32 Å². The number of imidazole rings is 1. The van der Waals surface area contributed by atoms with Crippen molar-refractivity contribution in [3.8, 4) is 0 Å². The number of fused-ring (bicyclic) bond motifs is 1. The summed E-state index contributed by atoms with van der Waals surface area (Å²) in [6.45, 7) is 12.7. The lowest BCUT2D eigenvalue weighted by atomic mass is 9.63. The van der Waals surface area contributed by atoms with Gasteiger partial charge in [0.15, 0.2) is 5.82 Å². The molecule has 3 N–H and O–H groups in total. The van der Waals surface area contributed by atoms with Crippen LogP contribution in [0.1, 0.15) is 90.0 Å². The van der Waals surface area contributed by atoms with Crippen LogP contribution in [0.15, 0.2) is 55.0 Å². The summed E-state index contributed by atoms with van der Waals surface area (Å²) in [7, 11) is 0. The molecular weight excluding hydrogens is 560 g/mol. The highest BCUT2D eigenvalue weighted by molar-refractivity contribution is 5.95. The summed E-state index contributed by atoms with van der Waals surface area (Å²) in [6, 6.07) is 10.8. The molecule has 2 aliphatic rings.